The summed E-state index contributed by atoms with van der Waals surface area (Å²) in [5.41, 5.74) is 0. The lowest BCUT2D eigenvalue weighted by molar-refractivity contribution is -0.161. The van der Waals surface area contributed by atoms with Crippen molar-refractivity contribution in [3.8, 4) is 0 Å². The number of phosphoric ester groups is 2. The highest BCUT2D eigenvalue weighted by atomic mass is 31.2. The first-order valence-corrected chi connectivity index (χ1v) is 45.4. The summed E-state index contributed by atoms with van der Waals surface area (Å²) in [6.45, 7) is 7.26. The fourth-order valence-electron chi connectivity index (χ4n) is 12.4. The van der Waals surface area contributed by atoms with Gasteiger partial charge in [-0.05, 0) is 57.3 Å². The van der Waals surface area contributed by atoms with E-state index in [9.17, 15) is 43.2 Å². The van der Waals surface area contributed by atoms with Gasteiger partial charge in [0.05, 0.1) is 26.4 Å². The molecule has 19 heteroatoms. The summed E-state index contributed by atoms with van der Waals surface area (Å²) >= 11 is 0. The Bertz CT molecular complexity index is 2040. The minimum absolute atomic E-state index is 0.102. The number of rotatable bonds is 81. The number of unbranched alkanes of at least 4 members (excludes halogenated alkanes) is 50. The molecule has 0 fully saturated rings. The molecule has 0 rings (SSSR count). The maximum Gasteiger partial charge on any atom is 0.472 e. The molecule has 0 aromatic rings. The van der Waals surface area contributed by atoms with Gasteiger partial charge in [0.1, 0.15) is 19.3 Å². The zero-order valence-corrected chi connectivity index (χ0v) is 68.0. The molecule has 602 valence electrons. The summed E-state index contributed by atoms with van der Waals surface area (Å²) in [5, 5.41) is 10.7. The molecule has 0 radical (unpaired) electrons. The van der Waals surface area contributed by atoms with Crippen molar-refractivity contribution < 1.29 is 80.2 Å². The summed E-state index contributed by atoms with van der Waals surface area (Å²) in [7, 11) is -9.93. The minimum atomic E-state index is -4.97. The maximum atomic E-state index is 13.1. The van der Waals surface area contributed by atoms with Gasteiger partial charge >= 0.3 is 39.5 Å². The number of carbonyl (C=O) groups excluding carboxylic acids is 4. The van der Waals surface area contributed by atoms with Gasteiger partial charge in [-0.3, -0.25) is 37.3 Å². The lowest BCUT2D eigenvalue weighted by Gasteiger charge is -2.21. The monoisotopic (exact) mass is 1490 g/mol. The van der Waals surface area contributed by atoms with Gasteiger partial charge in [0.2, 0.25) is 0 Å². The van der Waals surface area contributed by atoms with E-state index in [4.69, 9.17) is 37.0 Å². The predicted octanol–water partition coefficient (Wildman–Crippen LogP) is 24.8. The average Bonchev–Trinajstić information content (AvgIpc) is 0.934. The fraction of sp³-hybridized carbons (Fsp3) is 0.904. The van der Waals surface area contributed by atoms with Crippen LogP contribution in [0.3, 0.4) is 0 Å². The number of hydrogen-bond acceptors (Lipinski definition) is 15. The first-order valence-electron chi connectivity index (χ1n) is 42.5. The predicted molar refractivity (Wildman–Crippen MR) is 418 cm³/mol. The molecule has 0 saturated carbocycles. The number of allylic oxidation sites excluding steroid dienone is 4. The molecule has 0 bridgehead atoms. The lowest BCUT2D eigenvalue weighted by Crippen LogP contribution is -2.30. The summed E-state index contributed by atoms with van der Waals surface area (Å²) in [6.07, 6.45) is 70.2. The first kappa shape index (κ1) is 99.5. The Balaban J connectivity index is 5.27. The summed E-state index contributed by atoms with van der Waals surface area (Å²) < 4.78 is 68.7. The second-order valence-electron chi connectivity index (χ2n) is 29.7. The Kier molecular flexibility index (Phi) is 73.5. The zero-order chi connectivity index (χ0) is 74.8. The third-order valence-electron chi connectivity index (χ3n) is 18.9. The number of hydrogen-bond donors (Lipinski definition) is 3. The van der Waals surface area contributed by atoms with E-state index in [1.54, 1.807) is 0 Å². The van der Waals surface area contributed by atoms with Gasteiger partial charge in [-0.15, -0.1) is 0 Å². The number of aliphatic hydroxyl groups is 1. The van der Waals surface area contributed by atoms with Gasteiger partial charge in [-0.25, -0.2) is 9.13 Å². The molecular formula is C83H158O17P2. The van der Waals surface area contributed by atoms with Gasteiger partial charge in [0.15, 0.2) is 12.2 Å². The van der Waals surface area contributed by atoms with Crippen LogP contribution >= 0.6 is 15.6 Å². The van der Waals surface area contributed by atoms with Crippen molar-refractivity contribution >= 4 is 39.5 Å². The fourth-order valence-corrected chi connectivity index (χ4v) is 14.0. The molecule has 0 heterocycles. The van der Waals surface area contributed by atoms with Crippen LogP contribution in [0.2, 0.25) is 0 Å². The van der Waals surface area contributed by atoms with E-state index < -0.39 is 97.5 Å². The topological polar surface area (TPSA) is 237 Å². The van der Waals surface area contributed by atoms with E-state index in [-0.39, 0.29) is 25.7 Å². The van der Waals surface area contributed by atoms with Gasteiger partial charge in [0, 0.05) is 25.7 Å². The largest absolute Gasteiger partial charge is 0.472 e. The number of aliphatic hydroxyl groups excluding tert-OH is 1. The summed E-state index contributed by atoms with van der Waals surface area (Å²) in [4.78, 5) is 73.1. The summed E-state index contributed by atoms with van der Waals surface area (Å²) in [5.74, 6) is -1.39. The van der Waals surface area contributed by atoms with E-state index in [0.717, 1.165) is 115 Å². The van der Waals surface area contributed by atoms with Crippen LogP contribution in [-0.2, 0) is 65.4 Å². The lowest BCUT2D eigenvalue weighted by atomic mass is 10.0. The van der Waals surface area contributed by atoms with Crippen LogP contribution in [0.15, 0.2) is 24.3 Å². The van der Waals surface area contributed by atoms with Crippen molar-refractivity contribution in [3.63, 3.8) is 0 Å². The molecular weight excluding hydrogens is 1330 g/mol. The third kappa shape index (κ3) is 75.8. The standard InChI is InChI=1S/C83H158O17P2/c1-6-9-12-15-18-21-24-27-30-31-32-33-34-35-37-40-43-48-54-59-64-69-83(88)99-78(72-93-80(85)66-61-56-51-46-41-39-36-28-25-22-19-16-13-10-7-2)74-97-101(89,90)95-70-77(84)71-96-102(91,92)98-75-79(73-94-81(86)67-62-57-52-49-44-45-50-55-60-65-76(4)5)100-82(87)68-63-58-53-47-42-38-29-26-23-20-17-14-11-8-3/h22,25,28,36,76-79,84H,6-21,23-24,26-27,29-35,37-75H2,1-5H3,(H,89,90)(H,91,92)/b25-22-,36-28-/t77-,78-,79-/m1/s1. The quantitative estimate of drug-likeness (QED) is 0.0169. The summed E-state index contributed by atoms with van der Waals surface area (Å²) in [6, 6.07) is 0. The SMILES string of the molecule is CCCCCC/C=C\C=C/CCCCCCCC(=O)OC[C@H](COP(=O)(O)OC[C@@H](O)COP(=O)(O)OC[C@@H](COC(=O)CCCCCCCCCCCC(C)C)OC(=O)CCCCCCCCCCCCCCCC)OC(=O)CCCCCCCCCCCCCCCCCCCCCCC. The van der Waals surface area contributed by atoms with Crippen molar-refractivity contribution in [2.75, 3.05) is 39.6 Å². The molecule has 0 saturated heterocycles. The highest BCUT2D eigenvalue weighted by Gasteiger charge is 2.30. The van der Waals surface area contributed by atoms with Crippen molar-refractivity contribution in [3.05, 3.63) is 24.3 Å². The van der Waals surface area contributed by atoms with Gasteiger partial charge in [-0.2, -0.15) is 0 Å². The molecule has 5 atom stereocenters. The van der Waals surface area contributed by atoms with Crippen molar-refractivity contribution in [2.45, 2.75) is 438 Å². The molecule has 0 aliphatic carbocycles. The zero-order valence-electron chi connectivity index (χ0n) is 66.2. The number of phosphoric acid groups is 2. The van der Waals surface area contributed by atoms with E-state index in [1.165, 1.54) is 225 Å². The van der Waals surface area contributed by atoms with Crippen LogP contribution in [0.4, 0.5) is 0 Å². The van der Waals surface area contributed by atoms with Crippen LogP contribution in [0.5, 0.6) is 0 Å². The molecule has 0 aliphatic rings. The van der Waals surface area contributed by atoms with Crippen LogP contribution < -0.4 is 0 Å². The van der Waals surface area contributed by atoms with Crippen LogP contribution in [0.25, 0.3) is 0 Å². The Morgan fingerprint density at radius 2 is 0.529 bits per heavy atom. The molecule has 0 amide bonds. The minimum Gasteiger partial charge on any atom is -0.462 e. The van der Waals surface area contributed by atoms with Crippen LogP contribution in [0, 0.1) is 5.92 Å². The molecule has 0 aromatic heterocycles. The Morgan fingerprint density at radius 1 is 0.304 bits per heavy atom. The molecule has 0 spiro atoms. The normalized spacial score (nSPS) is 14.0. The molecule has 3 N–H and O–H groups in total. The second-order valence-corrected chi connectivity index (χ2v) is 32.6. The second kappa shape index (κ2) is 75.4. The van der Waals surface area contributed by atoms with E-state index in [0.29, 0.717) is 25.7 Å². The Morgan fingerprint density at radius 3 is 0.804 bits per heavy atom. The highest BCUT2D eigenvalue weighted by Crippen LogP contribution is 2.45. The third-order valence-corrected chi connectivity index (χ3v) is 20.8. The first-order chi connectivity index (χ1) is 49.5. The van der Waals surface area contributed by atoms with E-state index in [1.807, 2.05) is 0 Å². The number of ether oxygens (including phenoxy) is 4. The van der Waals surface area contributed by atoms with Crippen LogP contribution in [0.1, 0.15) is 420 Å². The number of carbonyl (C=O) groups is 4. The number of esters is 4. The molecule has 17 nitrogen and oxygen atoms in total. The van der Waals surface area contributed by atoms with Crippen molar-refractivity contribution in [1.82, 2.24) is 0 Å². The van der Waals surface area contributed by atoms with Gasteiger partial charge in [-0.1, -0.05) is 367 Å². The van der Waals surface area contributed by atoms with Crippen LogP contribution in [-0.4, -0.2) is 96.7 Å². The maximum absolute atomic E-state index is 13.1. The molecule has 2 unspecified atom stereocenters. The average molecular weight is 1490 g/mol. The molecule has 0 aliphatic heterocycles. The van der Waals surface area contributed by atoms with Crippen molar-refractivity contribution in [1.29, 1.82) is 0 Å². The smallest absolute Gasteiger partial charge is 0.462 e. The van der Waals surface area contributed by atoms with Gasteiger partial charge in [0.25, 0.3) is 0 Å². The Hall–Kier alpha value is -2.46. The Labute approximate surface area is 624 Å². The van der Waals surface area contributed by atoms with E-state index >= 15 is 0 Å². The molecule has 102 heavy (non-hydrogen) atoms. The van der Waals surface area contributed by atoms with Crippen molar-refractivity contribution in [2.24, 2.45) is 5.92 Å². The van der Waals surface area contributed by atoms with E-state index in [2.05, 4.69) is 58.9 Å². The van der Waals surface area contributed by atoms with Gasteiger partial charge < -0.3 is 33.8 Å². The highest BCUT2D eigenvalue weighted by molar-refractivity contribution is 7.47. The molecule has 0 aromatic carbocycles.